The van der Waals surface area contributed by atoms with Crippen molar-refractivity contribution in [2.75, 3.05) is 70.6 Å². The number of anilines is 3. The van der Waals surface area contributed by atoms with E-state index < -0.39 is 71.8 Å². The van der Waals surface area contributed by atoms with Crippen LogP contribution >= 0.6 is 75.3 Å². The molecule has 0 aliphatic carbocycles. The third kappa shape index (κ3) is 30.9. The zero-order valence-corrected chi connectivity index (χ0v) is 70.8. The molecule has 7 N–H and O–H groups in total. The average Bonchev–Trinajstić information content (AvgIpc) is 1.70. The van der Waals surface area contributed by atoms with Crippen LogP contribution in [0.2, 0.25) is 15.1 Å². The van der Waals surface area contributed by atoms with Gasteiger partial charge in [-0.3, -0.25) is 30.4 Å². The Labute approximate surface area is 739 Å². The van der Waals surface area contributed by atoms with Crippen molar-refractivity contribution in [2.24, 2.45) is 0 Å². The number of nitrogens with zero attached hydrogens (tertiary/aromatic N) is 8. The van der Waals surface area contributed by atoms with Crippen molar-refractivity contribution in [3.63, 3.8) is 0 Å². The number of aliphatic carboxylic acids is 1. The van der Waals surface area contributed by atoms with Crippen LogP contribution < -0.4 is 69.4 Å². The number of benzene rings is 6. The smallest absolute Gasteiger partial charge is 0.870 e. The number of aryl methyl sites for hydroxylation is 1. The molecule has 10 aromatic rings. The number of hydrogen-bond donors (Lipinski definition) is 6. The van der Waals surface area contributed by atoms with E-state index in [4.69, 9.17) is 49.0 Å². The van der Waals surface area contributed by atoms with Gasteiger partial charge >= 0.3 is 74.0 Å². The topological polar surface area (TPSA) is 367 Å². The summed E-state index contributed by atoms with van der Waals surface area (Å²) in [7, 11) is 6.02. The number of fused-ring (bicyclic) bond motifs is 4. The molecule has 1 aliphatic heterocycles. The number of hydrogen-bond acceptors (Lipinski definition) is 19. The van der Waals surface area contributed by atoms with E-state index in [-0.39, 0.29) is 182 Å². The predicted molar refractivity (Wildman–Crippen MR) is 447 cm³/mol. The van der Waals surface area contributed by atoms with E-state index in [1.807, 2.05) is 96.6 Å². The summed E-state index contributed by atoms with van der Waals surface area (Å²) in [5.41, 5.74) is 3.37. The number of ether oxygens (including phenoxy) is 4. The molecule has 1 aliphatic rings. The van der Waals surface area contributed by atoms with Crippen molar-refractivity contribution in [3.8, 4) is 0 Å². The predicted octanol–water partition coefficient (Wildman–Crippen LogP) is 7.70. The number of rotatable bonds is 27. The van der Waals surface area contributed by atoms with Crippen LogP contribution in [-0.4, -0.2) is 171 Å². The summed E-state index contributed by atoms with van der Waals surface area (Å²) in [6.45, 7) is 2.78. The summed E-state index contributed by atoms with van der Waals surface area (Å²) in [6.07, 6.45) is 3.90. The number of pyridine rings is 3. The summed E-state index contributed by atoms with van der Waals surface area (Å²) in [5.74, 6) is -1.66. The van der Waals surface area contributed by atoms with Gasteiger partial charge in [0, 0.05) is 106 Å². The molecule has 0 saturated carbocycles. The molecule has 0 radical (unpaired) electrons. The average molecular weight is 1730 g/mol. The number of esters is 1. The maximum absolute atomic E-state index is 14.1. The first kappa shape index (κ1) is 103. The van der Waals surface area contributed by atoms with E-state index in [1.54, 1.807) is 61.1 Å². The number of carboxylic acid groups (broad SMARTS) is 1. The molecule has 11 rings (SSSR count). The first-order valence-corrected chi connectivity index (χ1v) is 36.4. The number of likely N-dealkylation sites (N-methyl/N-ethyl adjacent to an activating group) is 3. The minimum Gasteiger partial charge on any atom is -0.870 e. The van der Waals surface area contributed by atoms with Gasteiger partial charge < -0.3 is 64.6 Å². The second-order valence-corrected chi connectivity index (χ2v) is 27.0. The monoisotopic (exact) mass is 1730 g/mol. The Morgan fingerprint density at radius 3 is 1.31 bits per heavy atom. The second kappa shape index (κ2) is 51.0. The van der Waals surface area contributed by atoms with E-state index in [1.165, 1.54) is 61.3 Å². The van der Waals surface area contributed by atoms with Gasteiger partial charge in [-0.25, -0.2) is 57.1 Å². The minimum absolute atomic E-state index is 0. The van der Waals surface area contributed by atoms with Crippen LogP contribution in [0.5, 0.6) is 0 Å². The van der Waals surface area contributed by atoms with E-state index in [2.05, 4.69) is 56.2 Å². The number of H-pyrrole nitrogens is 1. The molecule has 0 fully saturated rings. The number of aromatic amines is 1. The van der Waals surface area contributed by atoms with Crippen LogP contribution in [-0.2, 0) is 65.9 Å². The third-order valence-corrected chi connectivity index (χ3v) is 19.4. The van der Waals surface area contributed by atoms with Crippen molar-refractivity contribution >= 4 is 173 Å². The number of methoxy groups -OCH3 is 1. The summed E-state index contributed by atoms with van der Waals surface area (Å²) < 4.78 is 62.1. The van der Waals surface area contributed by atoms with Gasteiger partial charge in [0.15, 0.2) is 0 Å². The van der Waals surface area contributed by atoms with Gasteiger partial charge in [0.05, 0.1) is 52.2 Å². The molecule has 620 valence electrons. The van der Waals surface area contributed by atoms with Crippen LogP contribution in [0.1, 0.15) is 72.4 Å². The molecule has 39 heteroatoms. The summed E-state index contributed by atoms with van der Waals surface area (Å²) in [6, 6.07) is 38.2. The van der Waals surface area contributed by atoms with E-state index >= 15 is 0 Å². The van der Waals surface area contributed by atoms with Gasteiger partial charge in [0.25, 0.3) is 0 Å². The minimum atomic E-state index is -1.31. The molecule has 28 nitrogen and oxygen atoms in total. The fourth-order valence-corrected chi connectivity index (χ4v) is 12.3. The third-order valence-electron chi connectivity index (χ3n) is 18.1. The Morgan fingerprint density at radius 2 is 0.907 bits per heavy atom. The molecule has 0 saturated heterocycles. The number of halogens is 6. The maximum atomic E-state index is 14.1. The van der Waals surface area contributed by atoms with Crippen LogP contribution in [0.4, 0.5) is 54.6 Å². The van der Waals surface area contributed by atoms with Gasteiger partial charge in [0.1, 0.15) is 60.6 Å². The number of carbonyl (C=O) groups excluding carboxylic acids is 8. The Hall–Kier alpha value is -9.66. The number of imidazole rings is 1. The molecule has 3 atom stereocenters. The molecule has 4 aromatic heterocycles. The van der Waals surface area contributed by atoms with Gasteiger partial charge in [-0.2, -0.15) is 40.5 Å². The number of nitrogens with one attached hydrogen (secondary N) is 6. The summed E-state index contributed by atoms with van der Waals surface area (Å²) in [5, 5.41) is 29.3. The normalized spacial score (nSPS) is 11.7. The molecule has 6 aromatic carbocycles. The Kier molecular flexibility index (Phi) is 44.3. The number of aromatic nitrogens is 5. The van der Waals surface area contributed by atoms with Gasteiger partial charge in [-0.05, 0) is 109 Å². The Balaban J connectivity index is 0.000000448. The molecule has 0 bridgehead atoms. The number of amides is 8. The summed E-state index contributed by atoms with van der Waals surface area (Å²) >= 11 is 18.0. The molecule has 0 spiro atoms. The Morgan fingerprint density at radius 1 is 0.534 bits per heavy atom. The van der Waals surface area contributed by atoms with Gasteiger partial charge in [-0.1, -0.05) is 144 Å². The van der Waals surface area contributed by atoms with E-state index in [0.29, 0.717) is 60.8 Å². The summed E-state index contributed by atoms with van der Waals surface area (Å²) in [4.78, 5) is 125. The van der Waals surface area contributed by atoms with Gasteiger partial charge in [0.2, 0.25) is 5.91 Å². The van der Waals surface area contributed by atoms with Crippen LogP contribution in [0, 0.1) is 24.4 Å². The first-order chi connectivity index (χ1) is 53.8. The van der Waals surface area contributed by atoms with Crippen molar-refractivity contribution in [2.45, 2.75) is 96.2 Å². The van der Waals surface area contributed by atoms with Crippen molar-refractivity contribution in [3.05, 3.63) is 231 Å². The zero-order valence-electron chi connectivity index (χ0n) is 65.5. The quantitative estimate of drug-likeness (QED) is 0.0163. The largest absolute Gasteiger partial charge is 1.00 e. The molecule has 0 unspecified atom stereocenters. The number of urea groups is 2. The number of carbonyl (C=O) groups is 8. The van der Waals surface area contributed by atoms with E-state index in [0.717, 1.165) is 49.5 Å². The molecular weight excluding hydrogens is 1640 g/mol. The molecular formula is C79H88Cl3F3Li2N14O14S3. The van der Waals surface area contributed by atoms with Crippen molar-refractivity contribution in [1.29, 1.82) is 0 Å². The van der Waals surface area contributed by atoms with E-state index in [9.17, 15) is 56.6 Å². The van der Waals surface area contributed by atoms with Crippen molar-refractivity contribution < 1.29 is 119 Å². The van der Waals surface area contributed by atoms with Gasteiger partial charge in [-0.15, -0.1) is 0 Å². The number of carboxylic acids is 1. The first-order valence-electron chi connectivity index (χ1n) is 35.2. The second-order valence-electron chi connectivity index (χ2n) is 25.9. The van der Waals surface area contributed by atoms with Crippen molar-refractivity contribution in [1.82, 2.24) is 55.2 Å². The fourth-order valence-electron chi connectivity index (χ4n) is 11.7. The maximum Gasteiger partial charge on any atom is 1.00 e. The fraction of sp³-hybridized carbons (Fsp3) is 0.291. The SMILES string of the molecule is CN(C(=O)NCc1cccc(F)c1Cl)[C@@H](CCC(=O)[O-])COC(=O)Nc1cc2ccccc2cn1.COC(=O)CC[C@@H](COC(=O)Nc1cc2ccccc2cn1)N(C)C(=O)NCc1cccc(F)c1Cl.Cc1nc2c([nH]1)CN(C(=O)CC[C@@H](COC(=O)Nc1cc3ccccc3cn1)N(C)Cc1cccc(F)c1Cl)CC2.S.S.S.[Li+].[Li+].[OH-]. The Bertz CT molecular complexity index is 5030. The van der Waals surface area contributed by atoms with Crippen LogP contribution in [0.25, 0.3) is 32.3 Å². The molecule has 118 heavy (non-hydrogen) atoms. The molecule has 8 amide bonds. The van der Waals surface area contributed by atoms with Crippen LogP contribution in [0.15, 0.2) is 164 Å². The molecule has 5 heterocycles. The zero-order chi connectivity index (χ0) is 80.4. The van der Waals surface area contributed by atoms with Crippen LogP contribution in [0.3, 0.4) is 0 Å². The standard InChI is InChI=1S/C30H32ClFN6O3.C25H26ClFN4O5.C24H24ClFN4O5.2Li.H2O.3H2S/c1-19-34-25-12-13-38(17-26(25)35-19)28(39)11-10-23(37(2)16-22-8-5-9-24(32)29(22)31)18-41-30(40)36-27-14-20-6-3-4-7-21(20)15-33-27;1-31(24(33)29-14-18-8-5-9-20(27)23(18)26)19(10-11-22(32)35-2)15-36-25(34)30-21-12-16-6-3-4-7-17(16)13-28-21;1-30(23(33)28-13-17-7-4-8-19(26)22(17)25)18(9-10-21(31)32)14-35-24(34)29-20-11-15-5-2-3-6-16(15)12-27-20;;;;;;/h3-9,14-15,23H,10-13,16-18H2,1-2H3,(H,34,35)(H,33,36,40);3-9,12-13,19H,10-11,14-15H2,1-2H3,(H,29,33)(H,28,30,34);2-8,11-12,18H,9-10,13-14H2,1H3,(H,28,33)(H,31,32)(H,27,29,34);;;4*1H2/q;;;2*+1;;;;/p-2/t23-;19-;18-;;;;;;/m000....../s1.